The Balaban J connectivity index is 2.07. The third-order valence-electron chi connectivity index (χ3n) is 3.35. The van der Waals surface area contributed by atoms with Gasteiger partial charge in [-0.15, -0.1) is 0 Å². The first-order chi connectivity index (χ1) is 10.2. The summed E-state index contributed by atoms with van der Waals surface area (Å²) in [5, 5.41) is 18.1. The van der Waals surface area contributed by atoms with Crippen molar-refractivity contribution in [3.8, 4) is 22.9 Å². The molecule has 0 saturated heterocycles. The molecule has 0 bridgehead atoms. The normalized spacial score (nSPS) is 13.5. The third kappa shape index (κ3) is 2.87. The number of hydrogen-bond acceptors (Lipinski definition) is 3. The lowest BCUT2D eigenvalue weighted by atomic mass is 10.0. The van der Waals surface area contributed by atoms with Gasteiger partial charge in [-0.3, -0.25) is 0 Å². The number of carboxylic acids is 1. The zero-order chi connectivity index (χ0) is 14.8. The van der Waals surface area contributed by atoms with Crippen molar-refractivity contribution < 1.29 is 14.6 Å². The van der Waals surface area contributed by atoms with Gasteiger partial charge in [-0.2, -0.15) is 5.26 Å². The summed E-state index contributed by atoms with van der Waals surface area (Å²) in [6, 6.07) is 14.1. The molecule has 4 heteroatoms. The number of carboxylic acid groups (broad SMARTS) is 1. The molecule has 1 fully saturated rings. The van der Waals surface area contributed by atoms with E-state index in [9.17, 15) is 4.79 Å². The highest BCUT2D eigenvalue weighted by molar-refractivity contribution is 5.89. The van der Waals surface area contributed by atoms with Gasteiger partial charge < -0.3 is 9.84 Å². The first kappa shape index (κ1) is 13.2. The Morgan fingerprint density at radius 1 is 1.24 bits per heavy atom. The van der Waals surface area contributed by atoms with Crippen LogP contribution in [0.25, 0.3) is 11.1 Å². The standard InChI is InChI=1S/C17H13NO3/c18-10-11-2-1-3-12(8-11)15-7-4-13(17(19)20)9-16(15)21-14-5-6-14/h1-4,7-9,14H,5-6H2,(H,19,20). The lowest BCUT2D eigenvalue weighted by Crippen LogP contribution is -2.02. The molecule has 4 nitrogen and oxygen atoms in total. The van der Waals surface area contributed by atoms with Gasteiger partial charge >= 0.3 is 5.97 Å². The van der Waals surface area contributed by atoms with Crippen molar-refractivity contribution >= 4 is 5.97 Å². The zero-order valence-electron chi connectivity index (χ0n) is 11.2. The summed E-state index contributed by atoms with van der Waals surface area (Å²) < 4.78 is 5.83. The average Bonchev–Trinajstić information content (AvgIpc) is 3.31. The fourth-order valence-corrected chi connectivity index (χ4v) is 2.11. The van der Waals surface area contributed by atoms with Crippen LogP contribution in [-0.4, -0.2) is 17.2 Å². The minimum atomic E-state index is -0.979. The molecule has 1 aliphatic carbocycles. The number of rotatable bonds is 4. The number of ether oxygens (including phenoxy) is 1. The van der Waals surface area contributed by atoms with Crippen LogP contribution in [-0.2, 0) is 0 Å². The summed E-state index contributed by atoms with van der Waals surface area (Å²) in [6.07, 6.45) is 2.16. The number of hydrogen-bond donors (Lipinski definition) is 1. The molecule has 3 rings (SSSR count). The molecule has 0 heterocycles. The van der Waals surface area contributed by atoms with Crippen molar-refractivity contribution in [3.63, 3.8) is 0 Å². The molecule has 1 aliphatic rings. The van der Waals surface area contributed by atoms with Crippen LogP contribution in [0.5, 0.6) is 5.75 Å². The summed E-state index contributed by atoms with van der Waals surface area (Å²) in [4.78, 5) is 11.1. The molecule has 0 unspecified atom stereocenters. The summed E-state index contributed by atoms with van der Waals surface area (Å²) in [7, 11) is 0. The molecule has 0 aliphatic heterocycles. The average molecular weight is 279 g/mol. The summed E-state index contributed by atoms with van der Waals surface area (Å²) in [5.74, 6) is -0.416. The number of carbonyl (C=O) groups is 1. The van der Waals surface area contributed by atoms with E-state index in [0.29, 0.717) is 11.3 Å². The van der Waals surface area contributed by atoms with Crippen molar-refractivity contribution in [1.82, 2.24) is 0 Å². The van der Waals surface area contributed by atoms with Gasteiger partial charge in [0, 0.05) is 5.56 Å². The van der Waals surface area contributed by atoms with E-state index in [-0.39, 0.29) is 11.7 Å². The number of nitriles is 1. The Morgan fingerprint density at radius 2 is 2.05 bits per heavy atom. The van der Waals surface area contributed by atoms with Gasteiger partial charge in [0.2, 0.25) is 0 Å². The maximum atomic E-state index is 11.1. The van der Waals surface area contributed by atoms with Crippen molar-refractivity contribution in [3.05, 3.63) is 53.6 Å². The van der Waals surface area contributed by atoms with Crippen LogP contribution in [0.3, 0.4) is 0 Å². The molecule has 0 spiro atoms. The second kappa shape index (κ2) is 5.29. The minimum absolute atomic E-state index is 0.173. The molecule has 2 aromatic rings. The molecule has 0 aromatic heterocycles. The lowest BCUT2D eigenvalue weighted by Gasteiger charge is -2.12. The molecule has 0 radical (unpaired) electrons. The van der Waals surface area contributed by atoms with E-state index in [1.807, 2.05) is 6.07 Å². The van der Waals surface area contributed by atoms with Crippen LogP contribution in [0.4, 0.5) is 0 Å². The number of aromatic carboxylic acids is 1. The highest BCUT2D eigenvalue weighted by atomic mass is 16.5. The first-order valence-electron chi connectivity index (χ1n) is 6.72. The molecule has 0 amide bonds. The predicted octanol–water partition coefficient (Wildman–Crippen LogP) is 3.46. The molecule has 1 N–H and O–H groups in total. The largest absolute Gasteiger partial charge is 0.490 e. The van der Waals surface area contributed by atoms with Gasteiger partial charge in [-0.25, -0.2) is 4.79 Å². The van der Waals surface area contributed by atoms with E-state index in [4.69, 9.17) is 15.1 Å². The second-order valence-electron chi connectivity index (χ2n) is 5.03. The highest BCUT2D eigenvalue weighted by Crippen LogP contribution is 2.36. The molecular weight excluding hydrogens is 266 g/mol. The molecule has 104 valence electrons. The first-order valence-corrected chi connectivity index (χ1v) is 6.72. The van der Waals surface area contributed by atoms with Crippen LogP contribution >= 0.6 is 0 Å². The Kier molecular flexibility index (Phi) is 3.33. The number of benzene rings is 2. The van der Waals surface area contributed by atoms with Crippen molar-refractivity contribution in [2.75, 3.05) is 0 Å². The highest BCUT2D eigenvalue weighted by Gasteiger charge is 2.25. The quantitative estimate of drug-likeness (QED) is 0.930. The van der Waals surface area contributed by atoms with E-state index in [0.717, 1.165) is 24.0 Å². The van der Waals surface area contributed by atoms with E-state index >= 15 is 0 Å². The Hall–Kier alpha value is -2.80. The fourth-order valence-electron chi connectivity index (χ4n) is 2.11. The molecular formula is C17H13NO3. The molecule has 21 heavy (non-hydrogen) atoms. The van der Waals surface area contributed by atoms with Gasteiger partial charge in [-0.1, -0.05) is 12.1 Å². The zero-order valence-corrected chi connectivity index (χ0v) is 11.2. The molecule has 2 aromatic carbocycles. The van der Waals surface area contributed by atoms with Gasteiger partial charge in [0.05, 0.1) is 23.3 Å². The summed E-state index contributed by atoms with van der Waals surface area (Å²) in [6.45, 7) is 0. The van der Waals surface area contributed by atoms with E-state index in [2.05, 4.69) is 6.07 Å². The minimum Gasteiger partial charge on any atom is -0.490 e. The monoisotopic (exact) mass is 279 g/mol. The lowest BCUT2D eigenvalue weighted by molar-refractivity contribution is 0.0696. The van der Waals surface area contributed by atoms with Gasteiger partial charge in [0.15, 0.2) is 0 Å². The van der Waals surface area contributed by atoms with Crippen LogP contribution in [0.2, 0.25) is 0 Å². The SMILES string of the molecule is N#Cc1cccc(-c2ccc(C(=O)O)cc2OC2CC2)c1. The van der Waals surface area contributed by atoms with Crippen LogP contribution in [0, 0.1) is 11.3 Å². The van der Waals surface area contributed by atoms with E-state index in [1.54, 1.807) is 36.4 Å². The van der Waals surface area contributed by atoms with Gasteiger partial charge in [-0.05, 0) is 48.7 Å². The van der Waals surface area contributed by atoms with Crippen LogP contribution < -0.4 is 4.74 Å². The van der Waals surface area contributed by atoms with Crippen LogP contribution in [0.1, 0.15) is 28.8 Å². The van der Waals surface area contributed by atoms with Crippen molar-refractivity contribution in [2.24, 2.45) is 0 Å². The molecule has 1 saturated carbocycles. The summed E-state index contributed by atoms with van der Waals surface area (Å²) >= 11 is 0. The van der Waals surface area contributed by atoms with Gasteiger partial charge in [0.25, 0.3) is 0 Å². The Bertz CT molecular complexity index is 742. The molecule has 0 atom stereocenters. The topological polar surface area (TPSA) is 70.3 Å². The fraction of sp³-hybridized carbons (Fsp3) is 0.176. The van der Waals surface area contributed by atoms with E-state index in [1.165, 1.54) is 0 Å². The third-order valence-corrected chi connectivity index (χ3v) is 3.35. The van der Waals surface area contributed by atoms with Crippen molar-refractivity contribution in [1.29, 1.82) is 5.26 Å². The maximum Gasteiger partial charge on any atom is 0.335 e. The Morgan fingerprint density at radius 3 is 2.71 bits per heavy atom. The second-order valence-corrected chi connectivity index (χ2v) is 5.03. The van der Waals surface area contributed by atoms with Gasteiger partial charge in [0.1, 0.15) is 5.75 Å². The predicted molar refractivity (Wildman–Crippen MR) is 77.2 cm³/mol. The summed E-state index contributed by atoms with van der Waals surface area (Å²) in [5.41, 5.74) is 2.42. The smallest absolute Gasteiger partial charge is 0.335 e. The Labute approximate surface area is 122 Å². The number of nitrogens with zero attached hydrogens (tertiary/aromatic N) is 1. The maximum absolute atomic E-state index is 11.1. The van der Waals surface area contributed by atoms with Crippen LogP contribution in [0.15, 0.2) is 42.5 Å². The van der Waals surface area contributed by atoms with Crippen molar-refractivity contribution in [2.45, 2.75) is 18.9 Å². The van der Waals surface area contributed by atoms with E-state index < -0.39 is 5.97 Å².